The van der Waals surface area contributed by atoms with Crippen LogP contribution >= 0.6 is 22.9 Å². The van der Waals surface area contributed by atoms with E-state index in [1.165, 1.54) is 30.6 Å². The van der Waals surface area contributed by atoms with Gasteiger partial charge in [-0.25, -0.2) is 0 Å². The van der Waals surface area contributed by atoms with Crippen LogP contribution in [0.3, 0.4) is 0 Å². The van der Waals surface area contributed by atoms with E-state index in [-0.39, 0.29) is 0 Å². The first kappa shape index (κ1) is 11.4. The van der Waals surface area contributed by atoms with Crippen LogP contribution in [0, 0.1) is 5.92 Å². The van der Waals surface area contributed by atoms with Gasteiger partial charge in [0.2, 0.25) is 0 Å². The standard InChI is InChI=1S/C12H18ClNS/c1-2-14-11(9-3-4-9)7-5-10-6-8-12(13)15-10/h6,8-9,11,14H,2-5,7H2,1H3. The van der Waals surface area contributed by atoms with Crippen LogP contribution in [-0.4, -0.2) is 12.6 Å². The molecule has 2 rings (SSSR count). The van der Waals surface area contributed by atoms with E-state index in [2.05, 4.69) is 18.3 Å². The van der Waals surface area contributed by atoms with Crippen molar-refractivity contribution in [3.63, 3.8) is 0 Å². The van der Waals surface area contributed by atoms with Gasteiger partial charge in [0.15, 0.2) is 0 Å². The fourth-order valence-electron chi connectivity index (χ4n) is 2.05. The molecule has 1 N–H and O–H groups in total. The van der Waals surface area contributed by atoms with Crippen molar-refractivity contribution in [1.29, 1.82) is 0 Å². The number of aryl methyl sites for hydroxylation is 1. The Balaban J connectivity index is 1.79. The molecule has 0 saturated heterocycles. The minimum Gasteiger partial charge on any atom is -0.314 e. The van der Waals surface area contributed by atoms with Crippen LogP contribution in [0.5, 0.6) is 0 Å². The lowest BCUT2D eigenvalue weighted by Gasteiger charge is -2.16. The van der Waals surface area contributed by atoms with E-state index in [0.29, 0.717) is 0 Å². The summed E-state index contributed by atoms with van der Waals surface area (Å²) in [4.78, 5) is 1.42. The summed E-state index contributed by atoms with van der Waals surface area (Å²) in [5.74, 6) is 0.945. The van der Waals surface area contributed by atoms with Crippen molar-refractivity contribution < 1.29 is 0 Å². The topological polar surface area (TPSA) is 12.0 Å². The van der Waals surface area contributed by atoms with Gasteiger partial charge in [-0.1, -0.05) is 18.5 Å². The van der Waals surface area contributed by atoms with Crippen molar-refractivity contribution >= 4 is 22.9 Å². The van der Waals surface area contributed by atoms with Crippen molar-refractivity contribution in [2.24, 2.45) is 5.92 Å². The molecule has 1 nitrogen and oxygen atoms in total. The second-order valence-corrected chi connectivity index (χ2v) is 6.05. The SMILES string of the molecule is CCNC(CCc1ccc(Cl)s1)C1CC1. The molecule has 1 saturated carbocycles. The highest BCUT2D eigenvalue weighted by Gasteiger charge is 2.30. The first-order valence-corrected chi connectivity index (χ1v) is 6.96. The summed E-state index contributed by atoms with van der Waals surface area (Å²) in [6.45, 7) is 3.28. The van der Waals surface area contributed by atoms with Crippen LogP contribution in [0.4, 0.5) is 0 Å². The van der Waals surface area contributed by atoms with Crippen LogP contribution in [0.2, 0.25) is 4.34 Å². The van der Waals surface area contributed by atoms with E-state index in [1.54, 1.807) is 11.3 Å². The second kappa shape index (κ2) is 5.33. The van der Waals surface area contributed by atoms with Crippen LogP contribution in [0.15, 0.2) is 12.1 Å². The van der Waals surface area contributed by atoms with Gasteiger partial charge < -0.3 is 5.32 Å². The quantitative estimate of drug-likeness (QED) is 0.803. The maximum atomic E-state index is 5.91. The first-order chi connectivity index (χ1) is 7.29. The Morgan fingerprint density at radius 2 is 2.33 bits per heavy atom. The minimum absolute atomic E-state index is 0.732. The van der Waals surface area contributed by atoms with Crippen LogP contribution in [0.1, 0.15) is 31.1 Å². The van der Waals surface area contributed by atoms with Gasteiger partial charge in [0.1, 0.15) is 0 Å². The molecule has 1 aromatic rings. The molecular formula is C12H18ClNS. The van der Waals surface area contributed by atoms with Gasteiger partial charge >= 0.3 is 0 Å². The molecule has 0 amide bonds. The maximum absolute atomic E-state index is 5.91. The molecule has 1 aliphatic carbocycles. The normalized spacial score (nSPS) is 18.0. The predicted molar refractivity (Wildman–Crippen MR) is 67.8 cm³/mol. The largest absolute Gasteiger partial charge is 0.314 e. The van der Waals surface area contributed by atoms with Crippen molar-refractivity contribution in [3.8, 4) is 0 Å². The molecule has 1 aliphatic rings. The maximum Gasteiger partial charge on any atom is 0.0931 e. The molecule has 0 spiro atoms. The molecule has 0 aromatic carbocycles. The van der Waals surface area contributed by atoms with Gasteiger partial charge in [0, 0.05) is 10.9 Å². The van der Waals surface area contributed by atoms with E-state index in [4.69, 9.17) is 11.6 Å². The number of hydrogen-bond acceptors (Lipinski definition) is 2. The highest BCUT2D eigenvalue weighted by atomic mass is 35.5. The average Bonchev–Trinajstić information content (AvgIpc) is 2.97. The van der Waals surface area contributed by atoms with Gasteiger partial charge in [-0.15, -0.1) is 11.3 Å². The summed E-state index contributed by atoms with van der Waals surface area (Å²) in [6, 6.07) is 4.89. The average molecular weight is 244 g/mol. The molecule has 1 heterocycles. The molecule has 3 heteroatoms. The smallest absolute Gasteiger partial charge is 0.0931 e. The van der Waals surface area contributed by atoms with E-state index < -0.39 is 0 Å². The van der Waals surface area contributed by atoms with Gasteiger partial charge in [0.25, 0.3) is 0 Å². The van der Waals surface area contributed by atoms with Crippen LogP contribution < -0.4 is 5.32 Å². The fourth-order valence-corrected chi connectivity index (χ4v) is 3.15. The third kappa shape index (κ3) is 3.47. The highest BCUT2D eigenvalue weighted by Crippen LogP contribution is 2.35. The Hall–Kier alpha value is -0.0500. The van der Waals surface area contributed by atoms with E-state index in [0.717, 1.165) is 22.8 Å². The van der Waals surface area contributed by atoms with Gasteiger partial charge in [-0.05, 0) is 50.3 Å². The summed E-state index contributed by atoms with van der Waals surface area (Å²) in [5, 5.41) is 3.59. The zero-order valence-electron chi connectivity index (χ0n) is 9.13. The third-order valence-corrected chi connectivity index (χ3v) is 4.28. The lowest BCUT2D eigenvalue weighted by molar-refractivity contribution is 0.447. The number of hydrogen-bond donors (Lipinski definition) is 1. The molecule has 15 heavy (non-hydrogen) atoms. The molecule has 1 fully saturated rings. The fraction of sp³-hybridized carbons (Fsp3) is 0.667. The van der Waals surface area contributed by atoms with Crippen molar-refractivity contribution in [3.05, 3.63) is 21.3 Å². The zero-order valence-corrected chi connectivity index (χ0v) is 10.7. The summed E-state index contributed by atoms with van der Waals surface area (Å²) < 4.78 is 0.913. The third-order valence-electron chi connectivity index (χ3n) is 2.99. The number of thiophene rings is 1. The predicted octanol–water partition coefficient (Wildman–Crippen LogP) is 3.72. The van der Waals surface area contributed by atoms with Crippen LogP contribution in [-0.2, 0) is 6.42 Å². The number of halogens is 1. The minimum atomic E-state index is 0.732. The van der Waals surface area contributed by atoms with Gasteiger partial charge in [-0.2, -0.15) is 0 Å². The Kier molecular flexibility index (Phi) is 4.06. The van der Waals surface area contributed by atoms with Crippen LogP contribution in [0.25, 0.3) is 0 Å². The second-order valence-electron chi connectivity index (χ2n) is 4.25. The van der Waals surface area contributed by atoms with Gasteiger partial charge in [0.05, 0.1) is 4.34 Å². The lowest BCUT2D eigenvalue weighted by Crippen LogP contribution is -2.31. The molecule has 0 aliphatic heterocycles. The van der Waals surface area contributed by atoms with E-state index >= 15 is 0 Å². The lowest BCUT2D eigenvalue weighted by atomic mass is 10.1. The molecular weight excluding hydrogens is 226 g/mol. The molecule has 1 atom stereocenters. The summed E-state index contributed by atoms with van der Waals surface area (Å²) in [5.41, 5.74) is 0. The summed E-state index contributed by atoms with van der Waals surface area (Å²) >= 11 is 7.63. The molecule has 1 unspecified atom stereocenters. The summed E-state index contributed by atoms with van der Waals surface area (Å²) in [6.07, 6.45) is 5.27. The Labute approximate surface area is 101 Å². The molecule has 84 valence electrons. The highest BCUT2D eigenvalue weighted by molar-refractivity contribution is 7.16. The molecule has 0 bridgehead atoms. The zero-order chi connectivity index (χ0) is 10.7. The van der Waals surface area contributed by atoms with Gasteiger partial charge in [-0.3, -0.25) is 0 Å². The van der Waals surface area contributed by atoms with Crippen molar-refractivity contribution in [2.45, 2.75) is 38.6 Å². The number of nitrogens with one attached hydrogen (secondary N) is 1. The van der Waals surface area contributed by atoms with Crippen molar-refractivity contribution in [1.82, 2.24) is 5.32 Å². The van der Waals surface area contributed by atoms with E-state index in [1.807, 2.05) is 6.07 Å². The first-order valence-electron chi connectivity index (χ1n) is 5.77. The molecule has 1 aromatic heterocycles. The Morgan fingerprint density at radius 1 is 1.53 bits per heavy atom. The number of rotatable bonds is 6. The van der Waals surface area contributed by atoms with Crippen molar-refractivity contribution in [2.75, 3.05) is 6.54 Å². The summed E-state index contributed by atoms with van der Waals surface area (Å²) in [7, 11) is 0. The monoisotopic (exact) mass is 243 g/mol. The molecule has 0 radical (unpaired) electrons. The van der Waals surface area contributed by atoms with E-state index in [9.17, 15) is 0 Å². The Bertz CT molecular complexity index is 306. The Morgan fingerprint density at radius 3 is 2.87 bits per heavy atom.